The topological polar surface area (TPSA) is 32.3 Å². The Balaban J connectivity index is 1.76. The lowest BCUT2D eigenvalue weighted by Gasteiger charge is -2.35. The number of hydrogen-bond acceptors (Lipinski definition) is 2. The van der Waals surface area contributed by atoms with Crippen LogP contribution in [-0.4, -0.2) is 36.5 Å². The van der Waals surface area contributed by atoms with E-state index in [1.165, 1.54) is 12.1 Å². The van der Waals surface area contributed by atoms with Gasteiger partial charge in [-0.05, 0) is 43.5 Å². The Hall–Kier alpha value is -1.13. The van der Waals surface area contributed by atoms with E-state index in [2.05, 4.69) is 5.32 Å². The maximum Gasteiger partial charge on any atom is 0.256 e. The third-order valence-electron chi connectivity index (χ3n) is 4.10. The number of nitrogens with zero attached hydrogens (tertiary/aromatic N) is 1. The summed E-state index contributed by atoms with van der Waals surface area (Å²) in [5.41, 5.74) is 0.119. The van der Waals surface area contributed by atoms with E-state index in [0.717, 1.165) is 25.9 Å². The van der Waals surface area contributed by atoms with Gasteiger partial charge in [-0.1, -0.05) is 11.6 Å². The number of amides is 1. The molecule has 0 saturated carbocycles. The SMILES string of the molecule is O=C(c1ccc(Cl)cc1F)N1CCC2NCCC2C1. The lowest BCUT2D eigenvalue weighted by molar-refractivity contribution is 0.0657. The van der Waals surface area contributed by atoms with Crippen LogP contribution in [0.15, 0.2) is 18.2 Å². The molecule has 3 rings (SSSR count). The summed E-state index contributed by atoms with van der Waals surface area (Å²) in [6.07, 6.45) is 2.04. The third-order valence-corrected chi connectivity index (χ3v) is 4.34. The molecule has 2 fully saturated rings. The second kappa shape index (κ2) is 5.10. The van der Waals surface area contributed by atoms with Crippen molar-refractivity contribution >= 4 is 17.5 Å². The highest BCUT2D eigenvalue weighted by Gasteiger charge is 2.35. The summed E-state index contributed by atoms with van der Waals surface area (Å²) < 4.78 is 13.8. The second-order valence-corrected chi connectivity index (χ2v) is 5.71. The van der Waals surface area contributed by atoms with Gasteiger partial charge in [-0.3, -0.25) is 4.79 Å². The quantitative estimate of drug-likeness (QED) is 0.857. The summed E-state index contributed by atoms with van der Waals surface area (Å²) >= 11 is 5.71. The van der Waals surface area contributed by atoms with E-state index in [-0.39, 0.29) is 11.5 Å². The molecule has 1 aromatic carbocycles. The van der Waals surface area contributed by atoms with Crippen molar-refractivity contribution in [2.24, 2.45) is 5.92 Å². The van der Waals surface area contributed by atoms with Gasteiger partial charge in [0, 0.05) is 24.2 Å². The first-order valence-electron chi connectivity index (χ1n) is 6.63. The van der Waals surface area contributed by atoms with Crippen LogP contribution in [0.3, 0.4) is 0 Å². The highest BCUT2D eigenvalue weighted by molar-refractivity contribution is 6.30. The molecule has 2 atom stereocenters. The zero-order valence-corrected chi connectivity index (χ0v) is 11.3. The van der Waals surface area contributed by atoms with Crippen LogP contribution < -0.4 is 5.32 Å². The third kappa shape index (κ3) is 2.47. The zero-order chi connectivity index (χ0) is 13.4. The van der Waals surface area contributed by atoms with Gasteiger partial charge in [0.15, 0.2) is 0 Å². The first-order chi connectivity index (χ1) is 9.15. The molecule has 1 amide bonds. The lowest BCUT2D eigenvalue weighted by Crippen LogP contribution is -2.47. The highest BCUT2D eigenvalue weighted by atomic mass is 35.5. The normalized spacial score (nSPS) is 26.3. The Kier molecular flexibility index (Phi) is 3.46. The average Bonchev–Trinajstić information content (AvgIpc) is 2.85. The van der Waals surface area contributed by atoms with E-state index in [1.54, 1.807) is 11.0 Å². The van der Waals surface area contributed by atoms with Gasteiger partial charge < -0.3 is 10.2 Å². The number of likely N-dealkylation sites (tertiary alicyclic amines) is 1. The fourth-order valence-corrected chi connectivity index (χ4v) is 3.22. The maximum absolute atomic E-state index is 13.8. The molecule has 1 aromatic rings. The number of carbonyl (C=O) groups is 1. The summed E-state index contributed by atoms with van der Waals surface area (Å²) in [7, 11) is 0. The fraction of sp³-hybridized carbons (Fsp3) is 0.500. The van der Waals surface area contributed by atoms with E-state index < -0.39 is 5.82 Å². The van der Waals surface area contributed by atoms with Gasteiger partial charge in [-0.2, -0.15) is 0 Å². The number of nitrogens with one attached hydrogen (secondary N) is 1. The van der Waals surface area contributed by atoms with Crippen LogP contribution >= 0.6 is 11.6 Å². The monoisotopic (exact) mass is 282 g/mol. The molecule has 2 saturated heterocycles. The van der Waals surface area contributed by atoms with E-state index >= 15 is 0 Å². The van der Waals surface area contributed by atoms with Crippen LogP contribution in [0.25, 0.3) is 0 Å². The van der Waals surface area contributed by atoms with Crippen molar-refractivity contribution in [2.45, 2.75) is 18.9 Å². The Labute approximate surface area is 116 Å². The number of benzene rings is 1. The molecule has 2 heterocycles. The van der Waals surface area contributed by atoms with Crippen LogP contribution in [0.5, 0.6) is 0 Å². The van der Waals surface area contributed by atoms with Gasteiger partial charge in [0.25, 0.3) is 5.91 Å². The van der Waals surface area contributed by atoms with Gasteiger partial charge in [-0.25, -0.2) is 4.39 Å². The zero-order valence-electron chi connectivity index (χ0n) is 10.5. The number of piperidine rings is 1. The molecule has 0 radical (unpaired) electrons. The van der Waals surface area contributed by atoms with Crippen molar-refractivity contribution in [1.29, 1.82) is 0 Å². The standard InChI is InChI=1S/C14H16ClFN2O/c15-10-1-2-11(12(16)7-10)14(19)18-6-4-13-9(8-18)3-5-17-13/h1-2,7,9,13,17H,3-6,8H2. The molecular weight excluding hydrogens is 267 g/mol. The number of hydrogen-bond donors (Lipinski definition) is 1. The van der Waals surface area contributed by atoms with E-state index in [0.29, 0.717) is 23.5 Å². The predicted molar refractivity (Wildman–Crippen MR) is 71.8 cm³/mol. The summed E-state index contributed by atoms with van der Waals surface area (Å²) in [6.45, 7) is 2.43. The van der Waals surface area contributed by atoms with Gasteiger partial charge in [0.1, 0.15) is 5.82 Å². The summed E-state index contributed by atoms with van der Waals surface area (Å²) in [5, 5.41) is 3.76. The van der Waals surface area contributed by atoms with Gasteiger partial charge in [0.2, 0.25) is 0 Å². The summed E-state index contributed by atoms with van der Waals surface area (Å²) in [5.74, 6) is -0.253. The van der Waals surface area contributed by atoms with E-state index in [1.807, 2.05) is 0 Å². The largest absolute Gasteiger partial charge is 0.338 e. The Morgan fingerprint density at radius 2 is 2.26 bits per heavy atom. The smallest absolute Gasteiger partial charge is 0.256 e. The van der Waals surface area contributed by atoms with Crippen molar-refractivity contribution in [3.8, 4) is 0 Å². The van der Waals surface area contributed by atoms with Crippen LogP contribution in [0.2, 0.25) is 5.02 Å². The van der Waals surface area contributed by atoms with E-state index in [9.17, 15) is 9.18 Å². The molecule has 0 aromatic heterocycles. The van der Waals surface area contributed by atoms with Gasteiger partial charge in [-0.15, -0.1) is 0 Å². The van der Waals surface area contributed by atoms with Crippen LogP contribution in [0, 0.1) is 11.7 Å². The molecule has 1 N–H and O–H groups in total. The minimum absolute atomic E-state index is 0.119. The molecule has 2 aliphatic heterocycles. The molecule has 2 unspecified atom stereocenters. The second-order valence-electron chi connectivity index (χ2n) is 5.27. The molecule has 102 valence electrons. The highest BCUT2D eigenvalue weighted by Crippen LogP contribution is 2.26. The number of fused-ring (bicyclic) bond motifs is 1. The van der Waals surface area contributed by atoms with Crippen molar-refractivity contribution in [3.63, 3.8) is 0 Å². The average molecular weight is 283 g/mol. The van der Waals surface area contributed by atoms with Crippen molar-refractivity contribution in [1.82, 2.24) is 10.2 Å². The molecular formula is C14H16ClFN2O. The van der Waals surface area contributed by atoms with Crippen molar-refractivity contribution in [3.05, 3.63) is 34.6 Å². The Morgan fingerprint density at radius 1 is 1.42 bits per heavy atom. The van der Waals surface area contributed by atoms with Crippen LogP contribution in [0.4, 0.5) is 4.39 Å². The summed E-state index contributed by atoms with van der Waals surface area (Å²) in [4.78, 5) is 14.1. The molecule has 0 bridgehead atoms. The predicted octanol–water partition coefficient (Wildman–Crippen LogP) is 2.30. The number of halogens is 2. The number of carbonyl (C=O) groups excluding carboxylic acids is 1. The maximum atomic E-state index is 13.8. The molecule has 19 heavy (non-hydrogen) atoms. The Morgan fingerprint density at radius 3 is 3.05 bits per heavy atom. The molecule has 5 heteroatoms. The molecule has 0 aliphatic carbocycles. The van der Waals surface area contributed by atoms with Gasteiger partial charge in [0.05, 0.1) is 5.56 Å². The van der Waals surface area contributed by atoms with Crippen molar-refractivity contribution in [2.75, 3.05) is 19.6 Å². The molecule has 3 nitrogen and oxygen atoms in total. The van der Waals surface area contributed by atoms with Crippen LogP contribution in [0.1, 0.15) is 23.2 Å². The minimum atomic E-state index is -0.538. The van der Waals surface area contributed by atoms with Crippen LogP contribution in [-0.2, 0) is 0 Å². The molecule has 2 aliphatic rings. The van der Waals surface area contributed by atoms with E-state index in [4.69, 9.17) is 11.6 Å². The first kappa shape index (κ1) is 12.9. The minimum Gasteiger partial charge on any atom is -0.338 e. The fourth-order valence-electron chi connectivity index (χ4n) is 3.07. The molecule has 0 spiro atoms. The van der Waals surface area contributed by atoms with Crippen molar-refractivity contribution < 1.29 is 9.18 Å². The van der Waals surface area contributed by atoms with Gasteiger partial charge >= 0.3 is 0 Å². The lowest BCUT2D eigenvalue weighted by atomic mass is 9.93. The summed E-state index contributed by atoms with van der Waals surface area (Å²) in [6, 6.07) is 4.75. The Bertz CT molecular complexity index is 508. The first-order valence-corrected chi connectivity index (χ1v) is 7.00. The number of rotatable bonds is 1.